The Hall–Kier alpha value is -2.06. The minimum atomic E-state index is -1.49. The van der Waals surface area contributed by atoms with Crippen LogP contribution in [0.25, 0.3) is 0 Å². The predicted molar refractivity (Wildman–Crippen MR) is 60.5 cm³/mol. The molecule has 0 fully saturated rings. The molecule has 0 bridgehead atoms. The van der Waals surface area contributed by atoms with Gasteiger partial charge in [0, 0.05) is 13.5 Å². The highest BCUT2D eigenvalue weighted by Crippen LogP contribution is 2.24. The number of pyridine rings is 1. The summed E-state index contributed by atoms with van der Waals surface area (Å²) >= 11 is 0. The molecule has 1 heterocycles. The number of nitro groups is 1. The monoisotopic (exact) mass is 255 g/mol. The van der Waals surface area contributed by atoms with Gasteiger partial charge in [-0.2, -0.15) is 0 Å². The molecule has 0 aromatic carbocycles. The minimum Gasteiger partial charge on any atom is -0.388 e. The van der Waals surface area contributed by atoms with E-state index >= 15 is 0 Å². The molecule has 18 heavy (non-hydrogen) atoms. The van der Waals surface area contributed by atoms with E-state index in [0.717, 1.165) is 0 Å². The molecule has 0 aliphatic rings. The van der Waals surface area contributed by atoms with Gasteiger partial charge in [0.1, 0.15) is 18.4 Å². The first-order valence-corrected chi connectivity index (χ1v) is 5.13. The Morgan fingerprint density at radius 2 is 2.28 bits per heavy atom. The first-order valence-electron chi connectivity index (χ1n) is 5.13. The normalized spacial score (nSPS) is 13.7. The fourth-order valence-corrected chi connectivity index (χ4v) is 1.36. The number of amides is 1. The van der Waals surface area contributed by atoms with Gasteiger partial charge in [-0.3, -0.25) is 4.79 Å². The molecule has 0 saturated carbocycles. The molecule has 0 spiro atoms. The Morgan fingerprint density at radius 1 is 1.61 bits per heavy atom. The smallest absolute Gasteiger partial charge is 0.369 e. The van der Waals surface area contributed by atoms with Crippen LogP contribution in [0.15, 0.2) is 18.3 Å². The molecule has 2 unspecified atom stereocenters. The largest absolute Gasteiger partial charge is 0.388 e. The van der Waals surface area contributed by atoms with E-state index in [2.05, 4.69) is 10.3 Å². The van der Waals surface area contributed by atoms with Crippen LogP contribution in [0.1, 0.15) is 18.6 Å². The maximum atomic E-state index is 10.7. The van der Waals surface area contributed by atoms with Crippen molar-refractivity contribution in [1.29, 1.82) is 0 Å². The number of hydrogen-bond acceptors (Lipinski definition) is 6. The predicted octanol–water partition coefficient (Wildman–Crippen LogP) is -0.480. The van der Waals surface area contributed by atoms with E-state index in [4.69, 9.17) is 0 Å². The lowest BCUT2D eigenvalue weighted by Gasteiger charge is -2.17. The van der Waals surface area contributed by atoms with E-state index in [0.29, 0.717) is 0 Å². The van der Waals surface area contributed by atoms with E-state index in [1.165, 1.54) is 25.3 Å². The van der Waals surface area contributed by atoms with Gasteiger partial charge < -0.3 is 25.6 Å². The first kappa shape index (κ1) is 14.0. The zero-order chi connectivity index (χ0) is 13.7. The van der Waals surface area contributed by atoms with E-state index < -0.39 is 22.9 Å². The maximum absolute atomic E-state index is 10.7. The SMILES string of the molecule is CC(=O)NCC(O)C(O)c1cccnc1[N+](=O)[O-]. The van der Waals surface area contributed by atoms with Crippen molar-refractivity contribution in [2.24, 2.45) is 0 Å². The molecule has 1 rings (SSSR count). The van der Waals surface area contributed by atoms with Crippen LogP contribution in [0.2, 0.25) is 0 Å². The topological polar surface area (TPSA) is 126 Å². The molecule has 0 radical (unpaired) electrons. The Balaban J connectivity index is 2.86. The van der Waals surface area contributed by atoms with Crippen molar-refractivity contribution in [3.8, 4) is 0 Å². The third-order valence-corrected chi connectivity index (χ3v) is 2.23. The summed E-state index contributed by atoms with van der Waals surface area (Å²) in [7, 11) is 0. The number of aliphatic hydroxyl groups excluding tert-OH is 2. The summed E-state index contributed by atoms with van der Waals surface area (Å²) in [6, 6.07) is 2.71. The zero-order valence-corrected chi connectivity index (χ0v) is 9.61. The second-order valence-corrected chi connectivity index (χ2v) is 3.62. The molecule has 1 aromatic rings. The van der Waals surface area contributed by atoms with Crippen molar-refractivity contribution < 1.29 is 19.9 Å². The van der Waals surface area contributed by atoms with Crippen LogP contribution in [0, 0.1) is 10.1 Å². The van der Waals surface area contributed by atoms with Crippen LogP contribution in [0.3, 0.4) is 0 Å². The van der Waals surface area contributed by atoms with Gasteiger partial charge in [0.05, 0.1) is 5.56 Å². The van der Waals surface area contributed by atoms with Gasteiger partial charge in [-0.05, 0) is 22.0 Å². The Labute approximate surface area is 102 Å². The van der Waals surface area contributed by atoms with Gasteiger partial charge in [-0.15, -0.1) is 0 Å². The summed E-state index contributed by atoms with van der Waals surface area (Å²) < 4.78 is 0. The van der Waals surface area contributed by atoms with Crippen LogP contribution in [-0.4, -0.2) is 38.7 Å². The number of aliphatic hydroxyl groups is 2. The number of aromatic nitrogens is 1. The molecule has 3 N–H and O–H groups in total. The van der Waals surface area contributed by atoms with Gasteiger partial charge in [-0.1, -0.05) is 0 Å². The van der Waals surface area contributed by atoms with Crippen LogP contribution in [0.4, 0.5) is 5.82 Å². The molecule has 2 atom stereocenters. The lowest BCUT2D eigenvalue weighted by molar-refractivity contribution is -0.391. The van der Waals surface area contributed by atoms with Crippen molar-refractivity contribution >= 4 is 11.7 Å². The lowest BCUT2D eigenvalue weighted by Crippen LogP contribution is -2.34. The fraction of sp³-hybridized carbons (Fsp3) is 0.400. The minimum absolute atomic E-state index is 0.0969. The van der Waals surface area contributed by atoms with Crippen molar-refractivity contribution in [3.63, 3.8) is 0 Å². The first-order chi connectivity index (χ1) is 8.43. The molecule has 8 nitrogen and oxygen atoms in total. The Morgan fingerprint density at radius 3 is 2.83 bits per heavy atom. The van der Waals surface area contributed by atoms with E-state index in [1.807, 2.05) is 0 Å². The van der Waals surface area contributed by atoms with Crippen molar-refractivity contribution in [2.75, 3.05) is 6.54 Å². The molecule has 98 valence electrons. The molecule has 0 aliphatic carbocycles. The summed E-state index contributed by atoms with van der Waals surface area (Å²) in [5, 5.41) is 32.4. The highest BCUT2D eigenvalue weighted by atomic mass is 16.6. The molecule has 8 heteroatoms. The van der Waals surface area contributed by atoms with Crippen LogP contribution in [0.5, 0.6) is 0 Å². The number of hydrogen-bond donors (Lipinski definition) is 3. The Kier molecular flexibility index (Phi) is 4.69. The average molecular weight is 255 g/mol. The second kappa shape index (κ2) is 6.03. The van der Waals surface area contributed by atoms with Crippen LogP contribution < -0.4 is 5.32 Å². The molecule has 1 aromatic heterocycles. The van der Waals surface area contributed by atoms with Crippen molar-refractivity contribution in [2.45, 2.75) is 19.1 Å². The second-order valence-electron chi connectivity index (χ2n) is 3.62. The number of nitrogens with one attached hydrogen (secondary N) is 1. The quantitative estimate of drug-likeness (QED) is 0.482. The maximum Gasteiger partial charge on any atom is 0.369 e. The molecular weight excluding hydrogens is 242 g/mol. The van der Waals surface area contributed by atoms with Crippen LogP contribution in [-0.2, 0) is 4.79 Å². The van der Waals surface area contributed by atoms with Gasteiger partial charge in [0.2, 0.25) is 5.91 Å². The zero-order valence-electron chi connectivity index (χ0n) is 9.61. The van der Waals surface area contributed by atoms with E-state index in [-0.39, 0.29) is 18.0 Å². The third-order valence-electron chi connectivity index (χ3n) is 2.23. The van der Waals surface area contributed by atoms with Crippen molar-refractivity contribution in [3.05, 3.63) is 34.0 Å². The average Bonchev–Trinajstić information content (AvgIpc) is 2.34. The number of carbonyl (C=O) groups is 1. The van der Waals surface area contributed by atoms with Gasteiger partial charge >= 0.3 is 5.82 Å². The highest BCUT2D eigenvalue weighted by molar-refractivity contribution is 5.72. The highest BCUT2D eigenvalue weighted by Gasteiger charge is 2.26. The summed E-state index contributed by atoms with van der Waals surface area (Å²) in [4.78, 5) is 24.1. The van der Waals surface area contributed by atoms with Gasteiger partial charge in [-0.25, -0.2) is 0 Å². The van der Waals surface area contributed by atoms with E-state index in [1.54, 1.807) is 0 Å². The molecule has 1 amide bonds. The Bertz CT molecular complexity index is 451. The molecule has 0 saturated heterocycles. The summed E-state index contributed by atoms with van der Waals surface area (Å²) in [6.07, 6.45) is -1.63. The molecular formula is C10H13N3O5. The fourth-order valence-electron chi connectivity index (χ4n) is 1.36. The summed E-state index contributed by atoms with van der Waals surface area (Å²) in [6.45, 7) is 1.05. The van der Waals surface area contributed by atoms with Gasteiger partial charge in [0.25, 0.3) is 0 Å². The summed E-state index contributed by atoms with van der Waals surface area (Å²) in [5.41, 5.74) is -0.0969. The standard InChI is InChI=1S/C10H13N3O5/c1-6(14)12-5-8(15)9(16)7-3-2-4-11-10(7)13(17)18/h2-4,8-9,15-16H,5H2,1H3,(H,12,14). The van der Waals surface area contributed by atoms with Gasteiger partial charge in [0.15, 0.2) is 0 Å². The van der Waals surface area contributed by atoms with Crippen LogP contribution >= 0.6 is 0 Å². The third kappa shape index (κ3) is 3.47. The lowest BCUT2D eigenvalue weighted by atomic mass is 10.1. The number of nitrogens with zero attached hydrogens (tertiary/aromatic N) is 2. The summed E-state index contributed by atoms with van der Waals surface area (Å²) in [5.74, 6) is -0.895. The van der Waals surface area contributed by atoms with E-state index in [9.17, 15) is 25.1 Å². The molecule has 0 aliphatic heterocycles. The van der Waals surface area contributed by atoms with Crippen molar-refractivity contribution in [1.82, 2.24) is 10.3 Å². The number of carbonyl (C=O) groups excluding carboxylic acids is 1. The number of rotatable bonds is 5.